The van der Waals surface area contributed by atoms with Crippen LogP contribution in [0.3, 0.4) is 0 Å². The van der Waals surface area contributed by atoms with Gasteiger partial charge in [-0.05, 0) is 25.7 Å². The van der Waals surface area contributed by atoms with Crippen LogP contribution in [-0.4, -0.2) is 4.87 Å². The van der Waals surface area contributed by atoms with E-state index in [1.54, 1.807) is 0 Å². The first-order valence-electron chi connectivity index (χ1n) is 4.91. The van der Waals surface area contributed by atoms with E-state index in [1.807, 2.05) is 0 Å². The molecule has 2 rings (SSSR count). The van der Waals surface area contributed by atoms with Crippen LogP contribution in [0.25, 0.3) is 0 Å². The van der Waals surface area contributed by atoms with Gasteiger partial charge in [-0.25, -0.2) is 0 Å². The van der Waals surface area contributed by atoms with Crippen molar-refractivity contribution in [3.05, 3.63) is 0 Å². The molecule has 0 aromatic rings. The van der Waals surface area contributed by atoms with Crippen molar-refractivity contribution in [1.29, 1.82) is 0 Å². The highest BCUT2D eigenvalue weighted by atomic mass is 35.5. The zero-order valence-corrected chi connectivity index (χ0v) is 8.38. The van der Waals surface area contributed by atoms with Crippen molar-refractivity contribution < 1.29 is 0 Å². The molecule has 1 unspecified atom stereocenters. The minimum Gasteiger partial charge on any atom is -0.104 e. The summed E-state index contributed by atoms with van der Waals surface area (Å²) in [6, 6.07) is 0. The average molecular weight is 183 g/mol. The summed E-state index contributed by atoms with van der Waals surface area (Å²) in [7, 11) is 0. The summed E-state index contributed by atoms with van der Waals surface area (Å²) in [6.45, 7) is 2.15. The molecule has 1 heteroatoms. The van der Waals surface area contributed by atoms with Crippen LogP contribution in [0.4, 0.5) is 0 Å². The van der Waals surface area contributed by atoms with Crippen molar-refractivity contribution in [2.45, 2.75) is 50.3 Å². The zero-order valence-electron chi connectivity index (χ0n) is 7.62. The highest BCUT2D eigenvalue weighted by Crippen LogP contribution is 2.71. The molecule has 0 aliphatic heterocycles. The second-order valence-electron chi connectivity index (χ2n) is 4.16. The lowest BCUT2D eigenvalue weighted by Crippen LogP contribution is -2.21. The quantitative estimate of drug-likeness (QED) is 0.431. The Labute approximate surface area is 79.7 Å². The molecule has 1 atom stereocenters. The van der Waals surface area contributed by atoms with E-state index in [0.717, 1.165) is 19.3 Å². The van der Waals surface area contributed by atoms with Crippen molar-refractivity contribution in [3.63, 3.8) is 0 Å². The third-order valence-corrected chi connectivity index (χ3v) is 3.90. The number of rotatable bonds is 1. The average Bonchev–Trinajstić information content (AvgIpc) is 2.57. The standard InChI is InChI=1S/C11H15Cl/c1-2-3-4-8-11(12)9-10(11)6-5-7-10/h2-3,5-7,9H2,1H3. The van der Waals surface area contributed by atoms with E-state index in [1.165, 1.54) is 19.3 Å². The molecule has 1 spiro atoms. The second-order valence-corrected chi connectivity index (χ2v) is 4.81. The molecule has 66 valence electrons. The van der Waals surface area contributed by atoms with E-state index in [2.05, 4.69) is 18.8 Å². The minimum absolute atomic E-state index is 0.0968. The highest BCUT2D eigenvalue weighted by Gasteiger charge is 2.68. The lowest BCUT2D eigenvalue weighted by atomic mass is 9.80. The lowest BCUT2D eigenvalue weighted by Gasteiger charge is -2.27. The highest BCUT2D eigenvalue weighted by molar-refractivity contribution is 6.29. The smallest absolute Gasteiger partial charge is 0.104 e. The predicted molar refractivity (Wildman–Crippen MR) is 52.2 cm³/mol. The first-order chi connectivity index (χ1) is 5.72. The summed E-state index contributed by atoms with van der Waals surface area (Å²) < 4.78 is 0. The van der Waals surface area contributed by atoms with Gasteiger partial charge < -0.3 is 0 Å². The summed E-state index contributed by atoms with van der Waals surface area (Å²) in [5.41, 5.74) is 0.468. The van der Waals surface area contributed by atoms with E-state index < -0.39 is 0 Å². The molecular formula is C11H15Cl. The Morgan fingerprint density at radius 3 is 2.58 bits per heavy atom. The van der Waals surface area contributed by atoms with Gasteiger partial charge in [-0.1, -0.05) is 19.3 Å². The fraction of sp³-hybridized carbons (Fsp3) is 0.818. The van der Waals surface area contributed by atoms with Crippen molar-refractivity contribution in [1.82, 2.24) is 0 Å². The van der Waals surface area contributed by atoms with Crippen LogP contribution >= 0.6 is 11.6 Å². The maximum absolute atomic E-state index is 6.37. The van der Waals surface area contributed by atoms with Gasteiger partial charge in [-0.3, -0.25) is 0 Å². The van der Waals surface area contributed by atoms with E-state index in [-0.39, 0.29) is 4.87 Å². The SMILES string of the molecule is CCCC#CC1(Cl)CC12CCC2. The molecule has 0 bridgehead atoms. The number of hydrogen-bond donors (Lipinski definition) is 0. The molecule has 0 heterocycles. The van der Waals surface area contributed by atoms with Gasteiger partial charge in [0.2, 0.25) is 0 Å². The van der Waals surface area contributed by atoms with E-state index in [0.29, 0.717) is 5.41 Å². The fourth-order valence-electron chi connectivity index (χ4n) is 2.10. The Morgan fingerprint density at radius 2 is 2.17 bits per heavy atom. The molecule has 0 saturated heterocycles. The Kier molecular flexibility index (Phi) is 1.88. The second kappa shape index (κ2) is 2.67. The maximum atomic E-state index is 6.37. The normalized spacial score (nSPS) is 35.2. The van der Waals surface area contributed by atoms with Crippen molar-refractivity contribution in [2.75, 3.05) is 0 Å². The van der Waals surface area contributed by atoms with Gasteiger partial charge >= 0.3 is 0 Å². The van der Waals surface area contributed by atoms with Gasteiger partial charge in [-0.15, -0.1) is 17.5 Å². The first kappa shape index (κ1) is 8.45. The molecule has 2 saturated carbocycles. The van der Waals surface area contributed by atoms with Gasteiger partial charge in [0.25, 0.3) is 0 Å². The molecule has 0 aromatic heterocycles. The van der Waals surface area contributed by atoms with Gasteiger partial charge in [0, 0.05) is 11.8 Å². The molecule has 0 aromatic carbocycles. The molecule has 0 radical (unpaired) electrons. The number of halogens is 1. The van der Waals surface area contributed by atoms with Crippen molar-refractivity contribution in [2.24, 2.45) is 5.41 Å². The van der Waals surface area contributed by atoms with E-state index in [4.69, 9.17) is 11.6 Å². The predicted octanol–water partition coefficient (Wildman–Crippen LogP) is 3.34. The molecule has 0 nitrogen and oxygen atoms in total. The molecule has 0 N–H and O–H groups in total. The van der Waals surface area contributed by atoms with Crippen LogP contribution < -0.4 is 0 Å². The molecule has 0 amide bonds. The monoisotopic (exact) mass is 182 g/mol. The number of hydrogen-bond acceptors (Lipinski definition) is 0. The molecular weight excluding hydrogens is 168 g/mol. The zero-order chi connectivity index (χ0) is 8.66. The summed E-state index contributed by atoms with van der Waals surface area (Å²) >= 11 is 6.37. The Morgan fingerprint density at radius 1 is 1.42 bits per heavy atom. The first-order valence-corrected chi connectivity index (χ1v) is 5.29. The van der Waals surface area contributed by atoms with Crippen molar-refractivity contribution in [3.8, 4) is 11.8 Å². The van der Waals surface area contributed by atoms with Crippen LogP contribution in [0, 0.1) is 17.3 Å². The van der Waals surface area contributed by atoms with Crippen LogP contribution in [0.2, 0.25) is 0 Å². The Bertz CT molecular complexity index is 241. The van der Waals surface area contributed by atoms with Gasteiger partial charge in [0.1, 0.15) is 4.87 Å². The van der Waals surface area contributed by atoms with E-state index >= 15 is 0 Å². The minimum atomic E-state index is -0.0968. The van der Waals surface area contributed by atoms with Crippen LogP contribution in [0.5, 0.6) is 0 Å². The Hall–Kier alpha value is -0.150. The van der Waals surface area contributed by atoms with E-state index in [9.17, 15) is 0 Å². The Balaban J connectivity index is 1.94. The van der Waals surface area contributed by atoms with Crippen LogP contribution in [0.1, 0.15) is 45.4 Å². The third kappa shape index (κ3) is 1.07. The molecule has 12 heavy (non-hydrogen) atoms. The molecule has 2 aliphatic carbocycles. The largest absolute Gasteiger partial charge is 0.111 e. The van der Waals surface area contributed by atoms with Crippen LogP contribution in [-0.2, 0) is 0 Å². The summed E-state index contributed by atoms with van der Waals surface area (Å²) in [4.78, 5) is -0.0968. The summed E-state index contributed by atoms with van der Waals surface area (Å²) in [6.07, 6.45) is 7.30. The molecule has 2 aliphatic rings. The molecule has 2 fully saturated rings. The topological polar surface area (TPSA) is 0 Å². The van der Waals surface area contributed by atoms with Gasteiger partial charge in [-0.2, -0.15) is 0 Å². The summed E-state index contributed by atoms with van der Waals surface area (Å²) in [5.74, 6) is 6.42. The van der Waals surface area contributed by atoms with Crippen molar-refractivity contribution >= 4 is 11.6 Å². The number of unbranched alkanes of at least 4 members (excludes halogenated alkanes) is 1. The van der Waals surface area contributed by atoms with Gasteiger partial charge in [0.15, 0.2) is 0 Å². The fourth-order valence-corrected chi connectivity index (χ4v) is 2.61. The van der Waals surface area contributed by atoms with Gasteiger partial charge in [0.05, 0.1) is 0 Å². The summed E-state index contributed by atoms with van der Waals surface area (Å²) in [5, 5.41) is 0. The third-order valence-electron chi connectivity index (χ3n) is 3.27. The number of alkyl halides is 1. The lowest BCUT2D eigenvalue weighted by molar-refractivity contribution is 0.279. The maximum Gasteiger partial charge on any atom is 0.111 e. The van der Waals surface area contributed by atoms with Crippen LogP contribution in [0.15, 0.2) is 0 Å².